The fourth-order valence-corrected chi connectivity index (χ4v) is 3.10. The number of nitrogens with two attached hydrogens (primary N) is 1. The first-order chi connectivity index (χ1) is 9.82. The van der Waals surface area contributed by atoms with Gasteiger partial charge in [-0.25, -0.2) is 0 Å². The lowest BCUT2D eigenvalue weighted by molar-refractivity contribution is -0.138. The minimum absolute atomic E-state index is 0.0145. The average molecular weight is 354 g/mol. The fourth-order valence-electron chi connectivity index (χ4n) is 2.83. The van der Waals surface area contributed by atoms with E-state index < -0.39 is 5.54 Å². The van der Waals surface area contributed by atoms with Crippen LogP contribution in [0.4, 0.5) is 0 Å². The Labute approximate surface area is 135 Å². The molecule has 116 valence electrons. The number of piperidine rings is 1. The predicted octanol–water partition coefficient (Wildman–Crippen LogP) is 2.18. The van der Waals surface area contributed by atoms with E-state index in [0.29, 0.717) is 0 Å². The van der Waals surface area contributed by atoms with E-state index in [1.165, 1.54) is 0 Å². The molecule has 1 fully saturated rings. The highest BCUT2D eigenvalue weighted by Crippen LogP contribution is 2.25. The summed E-state index contributed by atoms with van der Waals surface area (Å²) in [5, 5.41) is 0. The molecular formula is C16H24BrN3O. The van der Waals surface area contributed by atoms with Gasteiger partial charge in [0.1, 0.15) is 5.54 Å². The topological polar surface area (TPSA) is 49.6 Å². The van der Waals surface area contributed by atoms with Gasteiger partial charge in [0.15, 0.2) is 0 Å². The lowest BCUT2D eigenvalue weighted by atomic mass is 9.90. The minimum Gasteiger partial charge on any atom is -0.341 e. The number of halogens is 1. The molecule has 2 rings (SSSR count). The zero-order valence-electron chi connectivity index (χ0n) is 13.0. The summed E-state index contributed by atoms with van der Waals surface area (Å²) in [6, 6.07) is 7.94. The summed E-state index contributed by atoms with van der Waals surface area (Å²) in [6.07, 6.45) is 2.02. The molecule has 0 aliphatic carbocycles. The second kappa shape index (κ2) is 6.46. The Hall–Kier alpha value is -0.910. The van der Waals surface area contributed by atoms with E-state index in [0.717, 1.165) is 36.0 Å². The number of likely N-dealkylation sites (N-methyl/N-ethyl adjacent to an activating group) is 1. The second-order valence-electron chi connectivity index (χ2n) is 6.16. The molecular weight excluding hydrogens is 330 g/mol. The molecule has 0 spiro atoms. The van der Waals surface area contributed by atoms with Gasteiger partial charge in [-0.15, -0.1) is 0 Å². The Bertz CT molecular complexity index is 493. The van der Waals surface area contributed by atoms with Crippen molar-refractivity contribution in [1.29, 1.82) is 0 Å². The quantitative estimate of drug-likeness (QED) is 0.905. The lowest BCUT2D eigenvalue weighted by Gasteiger charge is -2.38. The predicted molar refractivity (Wildman–Crippen MR) is 89.0 cm³/mol. The van der Waals surface area contributed by atoms with Crippen LogP contribution in [0.25, 0.3) is 0 Å². The average Bonchev–Trinajstić information content (AvgIpc) is 2.47. The van der Waals surface area contributed by atoms with Gasteiger partial charge >= 0.3 is 0 Å². The van der Waals surface area contributed by atoms with Crippen molar-refractivity contribution in [2.24, 2.45) is 5.73 Å². The van der Waals surface area contributed by atoms with Gasteiger partial charge in [-0.2, -0.15) is 0 Å². The molecule has 1 heterocycles. The van der Waals surface area contributed by atoms with Gasteiger partial charge in [-0.05, 0) is 57.6 Å². The molecule has 0 aromatic heterocycles. The number of benzene rings is 1. The highest BCUT2D eigenvalue weighted by atomic mass is 79.9. The summed E-state index contributed by atoms with van der Waals surface area (Å²) in [5.41, 5.74) is 6.21. The minimum atomic E-state index is -0.987. The third-order valence-electron chi connectivity index (χ3n) is 4.44. The molecule has 21 heavy (non-hydrogen) atoms. The van der Waals surface area contributed by atoms with Crippen LogP contribution in [0.5, 0.6) is 0 Å². The molecule has 1 aliphatic rings. The Balaban J connectivity index is 2.11. The van der Waals surface area contributed by atoms with Crippen molar-refractivity contribution in [3.63, 3.8) is 0 Å². The SMILES string of the molecule is CN1CCC(N(C)C(=O)C(C)(N)c2ccc(Br)cc2)CC1. The normalized spacial score (nSPS) is 20.0. The molecule has 0 saturated carbocycles. The van der Waals surface area contributed by atoms with Gasteiger partial charge in [-0.3, -0.25) is 4.79 Å². The first-order valence-electron chi connectivity index (χ1n) is 7.33. The Morgan fingerprint density at radius 2 is 1.86 bits per heavy atom. The Kier molecular flexibility index (Phi) is 5.07. The van der Waals surface area contributed by atoms with Crippen LogP contribution in [-0.4, -0.2) is 48.9 Å². The maximum atomic E-state index is 12.8. The molecule has 1 aromatic carbocycles. The molecule has 4 nitrogen and oxygen atoms in total. The van der Waals surface area contributed by atoms with E-state index >= 15 is 0 Å². The van der Waals surface area contributed by atoms with Crippen molar-refractivity contribution in [2.45, 2.75) is 31.3 Å². The molecule has 0 radical (unpaired) electrons. The molecule has 1 amide bonds. The summed E-state index contributed by atoms with van der Waals surface area (Å²) in [5.74, 6) is -0.0145. The van der Waals surface area contributed by atoms with Crippen LogP contribution in [0.3, 0.4) is 0 Å². The Morgan fingerprint density at radius 1 is 1.33 bits per heavy atom. The van der Waals surface area contributed by atoms with Gasteiger partial charge in [0.05, 0.1) is 0 Å². The van der Waals surface area contributed by atoms with Crippen LogP contribution < -0.4 is 5.73 Å². The van der Waals surface area contributed by atoms with E-state index in [1.54, 1.807) is 6.92 Å². The first kappa shape index (κ1) is 16.5. The van der Waals surface area contributed by atoms with Crippen molar-refractivity contribution in [3.05, 3.63) is 34.3 Å². The monoisotopic (exact) mass is 353 g/mol. The summed E-state index contributed by atoms with van der Waals surface area (Å²) in [4.78, 5) is 16.9. The standard InChI is InChI=1S/C16H24BrN3O/c1-16(18,12-4-6-13(17)7-5-12)15(21)20(3)14-8-10-19(2)11-9-14/h4-7,14H,8-11,18H2,1-3H3. The van der Waals surface area contributed by atoms with E-state index in [-0.39, 0.29) is 11.9 Å². The van der Waals surface area contributed by atoms with E-state index in [2.05, 4.69) is 27.9 Å². The van der Waals surface area contributed by atoms with Crippen molar-refractivity contribution in [1.82, 2.24) is 9.80 Å². The molecule has 1 aromatic rings. The summed E-state index contributed by atoms with van der Waals surface area (Å²) in [6.45, 7) is 3.85. The van der Waals surface area contributed by atoms with Crippen LogP contribution in [-0.2, 0) is 10.3 Å². The van der Waals surface area contributed by atoms with Gasteiger partial charge in [-0.1, -0.05) is 28.1 Å². The van der Waals surface area contributed by atoms with E-state index in [4.69, 9.17) is 5.73 Å². The number of carbonyl (C=O) groups is 1. The fraction of sp³-hybridized carbons (Fsp3) is 0.562. The highest BCUT2D eigenvalue weighted by molar-refractivity contribution is 9.10. The van der Waals surface area contributed by atoms with Crippen LogP contribution in [0, 0.1) is 0 Å². The molecule has 2 N–H and O–H groups in total. The number of rotatable bonds is 3. The molecule has 1 atom stereocenters. The van der Waals surface area contributed by atoms with Gasteiger partial charge < -0.3 is 15.5 Å². The zero-order valence-corrected chi connectivity index (χ0v) is 14.6. The van der Waals surface area contributed by atoms with Crippen LogP contribution in [0.1, 0.15) is 25.3 Å². The van der Waals surface area contributed by atoms with E-state index in [1.807, 2.05) is 36.2 Å². The zero-order chi connectivity index (χ0) is 15.6. The number of amides is 1. The van der Waals surface area contributed by atoms with Gasteiger partial charge in [0, 0.05) is 17.6 Å². The third-order valence-corrected chi connectivity index (χ3v) is 4.97. The second-order valence-corrected chi connectivity index (χ2v) is 7.08. The van der Waals surface area contributed by atoms with Crippen molar-refractivity contribution >= 4 is 21.8 Å². The van der Waals surface area contributed by atoms with Crippen LogP contribution in [0.2, 0.25) is 0 Å². The van der Waals surface area contributed by atoms with Crippen molar-refractivity contribution in [2.75, 3.05) is 27.2 Å². The Morgan fingerprint density at radius 3 is 2.38 bits per heavy atom. The third kappa shape index (κ3) is 3.65. The number of likely N-dealkylation sites (tertiary alicyclic amines) is 1. The smallest absolute Gasteiger partial charge is 0.246 e. The molecule has 0 bridgehead atoms. The first-order valence-corrected chi connectivity index (χ1v) is 8.12. The van der Waals surface area contributed by atoms with Crippen molar-refractivity contribution < 1.29 is 4.79 Å². The van der Waals surface area contributed by atoms with E-state index in [9.17, 15) is 4.79 Å². The molecule has 1 saturated heterocycles. The number of carbonyl (C=O) groups excluding carboxylic acids is 1. The summed E-state index contributed by atoms with van der Waals surface area (Å²) >= 11 is 3.41. The molecule has 1 unspecified atom stereocenters. The van der Waals surface area contributed by atoms with Crippen molar-refractivity contribution in [3.8, 4) is 0 Å². The van der Waals surface area contributed by atoms with Gasteiger partial charge in [0.25, 0.3) is 0 Å². The summed E-state index contributed by atoms with van der Waals surface area (Å²) < 4.78 is 0.984. The largest absolute Gasteiger partial charge is 0.341 e. The number of nitrogens with zero attached hydrogens (tertiary/aromatic N) is 2. The van der Waals surface area contributed by atoms with Gasteiger partial charge in [0.2, 0.25) is 5.91 Å². The maximum absolute atomic E-state index is 12.8. The number of hydrogen-bond acceptors (Lipinski definition) is 3. The maximum Gasteiger partial charge on any atom is 0.246 e. The lowest BCUT2D eigenvalue weighted by Crippen LogP contribution is -2.54. The van der Waals surface area contributed by atoms with Crippen LogP contribution in [0.15, 0.2) is 28.7 Å². The molecule has 1 aliphatic heterocycles. The number of hydrogen-bond donors (Lipinski definition) is 1. The highest BCUT2D eigenvalue weighted by Gasteiger charge is 2.36. The molecule has 5 heteroatoms. The summed E-state index contributed by atoms with van der Waals surface area (Å²) in [7, 11) is 4.00. The van der Waals surface area contributed by atoms with Crippen LogP contribution >= 0.6 is 15.9 Å².